The molecule has 0 N–H and O–H groups in total. The van der Waals surface area contributed by atoms with Gasteiger partial charge in [-0.25, -0.2) is 0 Å². The van der Waals surface area contributed by atoms with Crippen LogP contribution in [0.5, 0.6) is 5.75 Å². The number of carbonyl (C=O) groups excluding carboxylic acids is 1. The van der Waals surface area contributed by atoms with E-state index in [0.717, 1.165) is 11.4 Å². The van der Waals surface area contributed by atoms with Gasteiger partial charge in [0, 0.05) is 19.8 Å². The molecular formula is C11H15NO3. The van der Waals surface area contributed by atoms with Crippen LogP contribution >= 0.6 is 0 Å². The van der Waals surface area contributed by atoms with Crippen molar-refractivity contribution < 1.29 is 14.3 Å². The smallest absolute Gasteiger partial charge is 0.252 e. The Balaban J connectivity index is 2.73. The van der Waals surface area contributed by atoms with Crippen molar-refractivity contribution >= 4 is 11.6 Å². The average molecular weight is 209 g/mol. The lowest BCUT2D eigenvalue weighted by Crippen LogP contribution is -2.29. The van der Waals surface area contributed by atoms with Gasteiger partial charge in [0.25, 0.3) is 5.91 Å². The van der Waals surface area contributed by atoms with E-state index in [4.69, 9.17) is 9.47 Å². The largest absolute Gasteiger partial charge is 0.497 e. The SMILES string of the molecule is COCC(=O)N(C)c1ccc(OC)cc1. The van der Waals surface area contributed by atoms with Crippen LogP contribution in [0.1, 0.15) is 0 Å². The second-order valence-electron chi connectivity index (χ2n) is 3.08. The Morgan fingerprint density at radius 3 is 2.33 bits per heavy atom. The molecule has 0 aliphatic carbocycles. The predicted molar refractivity (Wildman–Crippen MR) is 58.3 cm³/mol. The molecule has 15 heavy (non-hydrogen) atoms. The lowest BCUT2D eigenvalue weighted by molar-refractivity contribution is -0.121. The van der Waals surface area contributed by atoms with E-state index < -0.39 is 0 Å². The second kappa shape index (κ2) is 5.36. The fourth-order valence-electron chi connectivity index (χ4n) is 1.17. The standard InChI is InChI=1S/C11H15NO3/c1-12(11(13)8-14-2)9-4-6-10(15-3)7-5-9/h4-7H,8H2,1-3H3. The lowest BCUT2D eigenvalue weighted by atomic mass is 10.3. The highest BCUT2D eigenvalue weighted by molar-refractivity contribution is 5.93. The Bertz CT molecular complexity index is 321. The van der Waals surface area contributed by atoms with E-state index in [1.54, 1.807) is 19.1 Å². The molecule has 0 heterocycles. The topological polar surface area (TPSA) is 38.8 Å². The van der Waals surface area contributed by atoms with Crippen LogP contribution in [0.4, 0.5) is 5.69 Å². The van der Waals surface area contributed by atoms with Gasteiger partial charge in [-0.05, 0) is 24.3 Å². The number of nitrogens with zero attached hydrogens (tertiary/aromatic N) is 1. The maximum absolute atomic E-state index is 11.5. The second-order valence-corrected chi connectivity index (χ2v) is 3.08. The number of amides is 1. The fraction of sp³-hybridized carbons (Fsp3) is 0.364. The Kier molecular flexibility index (Phi) is 4.12. The average Bonchev–Trinajstić information content (AvgIpc) is 2.28. The molecule has 0 radical (unpaired) electrons. The zero-order chi connectivity index (χ0) is 11.3. The zero-order valence-corrected chi connectivity index (χ0v) is 9.19. The van der Waals surface area contributed by atoms with Crippen molar-refractivity contribution in [2.24, 2.45) is 0 Å². The van der Waals surface area contributed by atoms with E-state index in [0.29, 0.717) is 0 Å². The van der Waals surface area contributed by atoms with Gasteiger partial charge in [-0.1, -0.05) is 0 Å². The van der Waals surface area contributed by atoms with Crippen molar-refractivity contribution in [1.82, 2.24) is 0 Å². The number of hydrogen-bond donors (Lipinski definition) is 0. The third-order valence-corrected chi connectivity index (χ3v) is 2.10. The summed E-state index contributed by atoms with van der Waals surface area (Å²) in [5.41, 5.74) is 0.817. The molecule has 0 fully saturated rings. The van der Waals surface area contributed by atoms with E-state index in [2.05, 4.69) is 0 Å². The molecule has 0 spiro atoms. The summed E-state index contributed by atoms with van der Waals surface area (Å²) in [5, 5.41) is 0. The minimum atomic E-state index is -0.0809. The number of carbonyl (C=O) groups is 1. The van der Waals surface area contributed by atoms with Crippen molar-refractivity contribution in [3.05, 3.63) is 24.3 Å². The first-order valence-corrected chi connectivity index (χ1v) is 4.58. The summed E-state index contributed by atoms with van der Waals surface area (Å²) in [4.78, 5) is 13.0. The number of methoxy groups -OCH3 is 2. The first-order valence-electron chi connectivity index (χ1n) is 4.58. The number of likely N-dealkylation sites (N-methyl/N-ethyl adjacent to an activating group) is 1. The van der Waals surface area contributed by atoms with Gasteiger partial charge in [0.1, 0.15) is 12.4 Å². The first-order chi connectivity index (χ1) is 7.19. The predicted octanol–water partition coefficient (Wildman–Crippen LogP) is 1.30. The van der Waals surface area contributed by atoms with Gasteiger partial charge in [-0.15, -0.1) is 0 Å². The van der Waals surface area contributed by atoms with Gasteiger partial charge >= 0.3 is 0 Å². The molecule has 0 aliphatic rings. The van der Waals surface area contributed by atoms with Gasteiger partial charge in [0.15, 0.2) is 0 Å². The van der Waals surface area contributed by atoms with Crippen molar-refractivity contribution in [1.29, 1.82) is 0 Å². The molecule has 1 aromatic carbocycles. The number of ether oxygens (including phenoxy) is 2. The number of rotatable bonds is 4. The fourth-order valence-corrected chi connectivity index (χ4v) is 1.17. The molecule has 1 aromatic rings. The van der Waals surface area contributed by atoms with Crippen LogP contribution < -0.4 is 9.64 Å². The zero-order valence-electron chi connectivity index (χ0n) is 9.19. The highest BCUT2D eigenvalue weighted by Crippen LogP contribution is 2.17. The van der Waals surface area contributed by atoms with Crippen LogP contribution in [0.15, 0.2) is 24.3 Å². The van der Waals surface area contributed by atoms with Gasteiger partial charge in [0.05, 0.1) is 7.11 Å². The number of anilines is 1. The summed E-state index contributed by atoms with van der Waals surface area (Å²) in [6, 6.07) is 7.27. The third kappa shape index (κ3) is 2.95. The quantitative estimate of drug-likeness (QED) is 0.750. The first kappa shape index (κ1) is 11.5. The van der Waals surface area contributed by atoms with Crippen LogP contribution in [0.25, 0.3) is 0 Å². The number of hydrogen-bond acceptors (Lipinski definition) is 3. The summed E-state index contributed by atoms with van der Waals surface area (Å²) in [6.07, 6.45) is 0. The molecule has 0 unspecified atom stereocenters. The Labute approximate surface area is 89.4 Å². The molecule has 0 atom stereocenters. The van der Waals surface area contributed by atoms with Gasteiger partial charge in [-0.3, -0.25) is 4.79 Å². The van der Waals surface area contributed by atoms with Crippen LogP contribution in [0.2, 0.25) is 0 Å². The molecule has 0 saturated heterocycles. The highest BCUT2D eigenvalue weighted by Gasteiger charge is 2.09. The van der Waals surface area contributed by atoms with Gasteiger partial charge < -0.3 is 14.4 Å². The Morgan fingerprint density at radius 2 is 1.87 bits per heavy atom. The summed E-state index contributed by atoms with van der Waals surface area (Å²) in [5.74, 6) is 0.689. The van der Waals surface area contributed by atoms with Gasteiger partial charge in [-0.2, -0.15) is 0 Å². The summed E-state index contributed by atoms with van der Waals surface area (Å²) < 4.78 is 9.80. The molecule has 0 aliphatic heterocycles. The third-order valence-electron chi connectivity index (χ3n) is 2.10. The normalized spacial score (nSPS) is 9.80. The molecule has 0 bridgehead atoms. The van der Waals surface area contributed by atoms with Gasteiger partial charge in [0.2, 0.25) is 0 Å². The van der Waals surface area contributed by atoms with E-state index in [-0.39, 0.29) is 12.5 Å². The minimum Gasteiger partial charge on any atom is -0.497 e. The Hall–Kier alpha value is -1.55. The summed E-state index contributed by atoms with van der Waals surface area (Å²) >= 11 is 0. The molecule has 82 valence electrons. The minimum absolute atomic E-state index is 0.0809. The molecule has 4 heteroatoms. The molecule has 0 aromatic heterocycles. The summed E-state index contributed by atoms with van der Waals surface area (Å²) in [7, 11) is 4.82. The lowest BCUT2D eigenvalue weighted by Gasteiger charge is -2.16. The highest BCUT2D eigenvalue weighted by atomic mass is 16.5. The van der Waals surface area contributed by atoms with E-state index in [9.17, 15) is 4.79 Å². The number of benzene rings is 1. The molecular weight excluding hydrogens is 194 g/mol. The van der Waals surface area contributed by atoms with E-state index in [1.165, 1.54) is 7.11 Å². The maximum atomic E-state index is 11.5. The maximum Gasteiger partial charge on any atom is 0.252 e. The molecule has 1 amide bonds. The van der Waals surface area contributed by atoms with Crippen LogP contribution in [0, 0.1) is 0 Å². The Morgan fingerprint density at radius 1 is 1.27 bits per heavy atom. The molecule has 4 nitrogen and oxygen atoms in total. The summed E-state index contributed by atoms with van der Waals surface area (Å²) in [6.45, 7) is 0.0858. The van der Waals surface area contributed by atoms with Crippen molar-refractivity contribution in [2.45, 2.75) is 0 Å². The van der Waals surface area contributed by atoms with E-state index >= 15 is 0 Å². The molecule has 1 rings (SSSR count). The van der Waals surface area contributed by atoms with Crippen LogP contribution in [-0.2, 0) is 9.53 Å². The van der Waals surface area contributed by atoms with Crippen molar-refractivity contribution in [2.75, 3.05) is 32.8 Å². The van der Waals surface area contributed by atoms with Crippen molar-refractivity contribution in [3.63, 3.8) is 0 Å². The van der Waals surface area contributed by atoms with Crippen LogP contribution in [0.3, 0.4) is 0 Å². The molecule has 0 saturated carbocycles. The monoisotopic (exact) mass is 209 g/mol. The van der Waals surface area contributed by atoms with Crippen LogP contribution in [-0.4, -0.2) is 33.8 Å². The van der Waals surface area contributed by atoms with Crippen molar-refractivity contribution in [3.8, 4) is 5.75 Å². The van der Waals surface area contributed by atoms with E-state index in [1.807, 2.05) is 24.3 Å².